The molecule has 0 radical (unpaired) electrons. The Balaban J connectivity index is 1.94. The second-order valence-electron chi connectivity index (χ2n) is 5.77. The number of sulfone groups is 1. The third kappa shape index (κ3) is 2.46. The molecule has 0 bridgehead atoms. The number of hydrogen-bond acceptors (Lipinski definition) is 5. The van der Waals surface area contributed by atoms with Crippen LogP contribution in [0.15, 0.2) is 4.79 Å². The highest BCUT2D eigenvalue weighted by Gasteiger charge is 2.32. The Kier molecular flexibility index (Phi) is 3.32. The van der Waals surface area contributed by atoms with E-state index in [1.54, 1.807) is 0 Å². The van der Waals surface area contributed by atoms with E-state index in [1.807, 2.05) is 0 Å². The zero-order valence-corrected chi connectivity index (χ0v) is 11.9. The summed E-state index contributed by atoms with van der Waals surface area (Å²) in [4.78, 5) is 18.9. The molecule has 1 aliphatic heterocycles. The molecule has 2 fully saturated rings. The van der Waals surface area contributed by atoms with Crippen LogP contribution in [0.1, 0.15) is 55.3 Å². The highest BCUT2D eigenvalue weighted by molar-refractivity contribution is 7.91. The van der Waals surface area contributed by atoms with E-state index >= 15 is 0 Å². The van der Waals surface area contributed by atoms with Gasteiger partial charge < -0.3 is 10.1 Å². The molecule has 1 aromatic rings. The second kappa shape index (κ2) is 4.87. The summed E-state index contributed by atoms with van der Waals surface area (Å²) in [7, 11) is -3.04. The standard InChI is InChI=1S/C13H18N2O4S/c16-12-10(8-3-1-2-4-8)13(17)15-11(14-12)9-5-6-20(18,19)7-9/h8-9H,1-7H2,(H2,14,15,16,17). The number of hydrogen-bond donors (Lipinski definition) is 2. The van der Waals surface area contributed by atoms with Crippen molar-refractivity contribution in [2.45, 2.75) is 43.9 Å². The Morgan fingerprint density at radius 3 is 2.40 bits per heavy atom. The van der Waals surface area contributed by atoms with Gasteiger partial charge in [0, 0.05) is 5.92 Å². The van der Waals surface area contributed by atoms with Gasteiger partial charge in [0.15, 0.2) is 9.84 Å². The van der Waals surface area contributed by atoms with Crippen LogP contribution in [0.2, 0.25) is 0 Å². The number of H-pyrrole nitrogens is 1. The highest BCUT2D eigenvalue weighted by atomic mass is 32.2. The van der Waals surface area contributed by atoms with Crippen molar-refractivity contribution >= 4 is 9.84 Å². The van der Waals surface area contributed by atoms with Gasteiger partial charge in [-0.3, -0.25) is 4.79 Å². The van der Waals surface area contributed by atoms with Crippen molar-refractivity contribution in [3.63, 3.8) is 0 Å². The Morgan fingerprint density at radius 1 is 1.15 bits per heavy atom. The SMILES string of the molecule is O=c1[nH]c(C2CCS(=O)(=O)C2)nc(O)c1C1CCCC1. The summed E-state index contributed by atoms with van der Waals surface area (Å²) >= 11 is 0. The molecule has 1 aliphatic carbocycles. The Morgan fingerprint density at radius 2 is 1.85 bits per heavy atom. The Hall–Kier alpha value is -1.37. The lowest BCUT2D eigenvalue weighted by Crippen LogP contribution is -2.21. The minimum atomic E-state index is -3.04. The van der Waals surface area contributed by atoms with Crippen molar-refractivity contribution in [3.8, 4) is 5.88 Å². The van der Waals surface area contributed by atoms with Crippen molar-refractivity contribution in [3.05, 3.63) is 21.7 Å². The van der Waals surface area contributed by atoms with Gasteiger partial charge in [-0.15, -0.1) is 0 Å². The number of rotatable bonds is 2. The zero-order valence-electron chi connectivity index (χ0n) is 11.1. The van der Waals surface area contributed by atoms with E-state index in [9.17, 15) is 18.3 Å². The lowest BCUT2D eigenvalue weighted by molar-refractivity contribution is 0.429. The van der Waals surface area contributed by atoms with E-state index in [2.05, 4.69) is 9.97 Å². The first-order chi connectivity index (χ1) is 9.46. The fraction of sp³-hybridized carbons (Fsp3) is 0.692. The van der Waals surface area contributed by atoms with Gasteiger partial charge in [-0.2, -0.15) is 4.98 Å². The molecule has 1 saturated heterocycles. The first kappa shape index (κ1) is 13.6. The maximum atomic E-state index is 12.2. The minimum Gasteiger partial charge on any atom is -0.493 e. The molecule has 1 atom stereocenters. The largest absolute Gasteiger partial charge is 0.493 e. The van der Waals surface area contributed by atoms with Gasteiger partial charge in [0.25, 0.3) is 5.56 Å². The second-order valence-corrected chi connectivity index (χ2v) is 8.00. The van der Waals surface area contributed by atoms with Crippen molar-refractivity contribution < 1.29 is 13.5 Å². The molecule has 2 aliphatic rings. The van der Waals surface area contributed by atoms with Crippen molar-refractivity contribution in [1.29, 1.82) is 0 Å². The van der Waals surface area contributed by atoms with Gasteiger partial charge in [0.1, 0.15) is 5.82 Å². The Bertz CT molecular complexity index is 674. The summed E-state index contributed by atoms with van der Waals surface area (Å²) in [6.45, 7) is 0. The molecular weight excluding hydrogens is 280 g/mol. The van der Waals surface area contributed by atoms with E-state index in [1.165, 1.54) is 0 Å². The van der Waals surface area contributed by atoms with Crippen LogP contribution in [0.25, 0.3) is 0 Å². The number of nitrogens with one attached hydrogen (secondary N) is 1. The molecule has 20 heavy (non-hydrogen) atoms. The third-order valence-electron chi connectivity index (χ3n) is 4.34. The van der Waals surface area contributed by atoms with Gasteiger partial charge in [-0.1, -0.05) is 12.8 Å². The van der Waals surface area contributed by atoms with E-state index in [0.29, 0.717) is 17.8 Å². The molecule has 1 aromatic heterocycles. The molecule has 2 N–H and O–H groups in total. The van der Waals surface area contributed by atoms with Crippen LogP contribution in [0.4, 0.5) is 0 Å². The molecule has 0 aromatic carbocycles. The van der Waals surface area contributed by atoms with Crippen LogP contribution in [-0.4, -0.2) is 35.0 Å². The summed E-state index contributed by atoms with van der Waals surface area (Å²) < 4.78 is 23.0. The van der Waals surface area contributed by atoms with Crippen LogP contribution in [0.5, 0.6) is 5.88 Å². The summed E-state index contributed by atoms with van der Waals surface area (Å²) in [5.74, 6) is -0.0379. The van der Waals surface area contributed by atoms with E-state index in [0.717, 1.165) is 25.7 Å². The van der Waals surface area contributed by atoms with Crippen LogP contribution < -0.4 is 5.56 Å². The quantitative estimate of drug-likeness (QED) is 0.849. The lowest BCUT2D eigenvalue weighted by atomic mass is 9.99. The predicted molar refractivity (Wildman–Crippen MR) is 73.7 cm³/mol. The number of nitrogens with zero attached hydrogens (tertiary/aromatic N) is 1. The average molecular weight is 298 g/mol. The van der Waals surface area contributed by atoms with E-state index in [4.69, 9.17) is 0 Å². The van der Waals surface area contributed by atoms with Crippen molar-refractivity contribution in [1.82, 2.24) is 9.97 Å². The highest BCUT2D eigenvalue weighted by Crippen LogP contribution is 2.36. The molecule has 1 unspecified atom stereocenters. The summed E-state index contributed by atoms with van der Waals surface area (Å²) in [5.41, 5.74) is 0.0517. The number of aromatic hydroxyl groups is 1. The van der Waals surface area contributed by atoms with Crippen LogP contribution in [0, 0.1) is 0 Å². The molecule has 2 heterocycles. The van der Waals surface area contributed by atoms with Crippen LogP contribution in [-0.2, 0) is 9.84 Å². The maximum absolute atomic E-state index is 12.2. The van der Waals surface area contributed by atoms with Crippen LogP contribution in [0.3, 0.4) is 0 Å². The molecule has 3 rings (SSSR count). The first-order valence-corrected chi connectivity index (χ1v) is 8.82. The molecule has 0 amide bonds. The maximum Gasteiger partial charge on any atom is 0.258 e. The van der Waals surface area contributed by atoms with Gasteiger partial charge in [-0.25, -0.2) is 8.42 Å². The fourth-order valence-corrected chi connectivity index (χ4v) is 5.02. The van der Waals surface area contributed by atoms with Crippen molar-refractivity contribution in [2.75, 3.05) is 11.5 Å². The molecule has 7 heteroatoms. The summed E-state index contributed by atoms with van der Waals surface area (Å²) in [6.07, 6.45) is 4.37. The molecular formula is C13H18N2O4S. The lowest BCUT2D eigenvalue weighted by Gasteiger charge is -2.13. The van der Waals surface area contributed by atoms with Crippen LogP contribution >= 0.6 is 0 Å². The predicted octanol–water partition coefficient (Wildman–Crippen LogP) is 1.04. The molecule has 110 valence electrons. The number of aromatic amines is 1. The summed E-state index contributed by atoms with van der Waals surface area (Å²) in [5, 5.41) is 10.0. The molecule has 6 nitrogen and oxygen atoms in total. The third-order valence-corrected chi connectivity index (χ3v) is 6.10. The van der Waals surface area contributed by atoms with Gasteiger partial charge in [0.2, 0.25) is 5.88 Å². The normalized spacial score (nSPS) is 26.1. The zero-order chi connectivity index (χ0) is 14.3. The minimum absolute atomic E-state index is 0.00183. The fourth-order valence-electron chi connectivity index (χ4n) is 3.27. The average Bonchev–Trinajstić information content (AvgIpc) is 2.97. The summed E-state index contributed by atoms with van der Waals surface area (Å²) in [6, 6.07) is 0. The molecule has 0 spiro atoms. The smallest absolute Gasteiger partial charge is 0.258 e. The van der Waals surface area contributed by atoms with Gasteiger partial charge in [0.05, 0.1) is 17.1 Å². The first-order valence-electron chi connectivity index (χ1n) is 7.00. The van der Waals surface area contributed by atoms with E-state index < -0.39 is 9.84 Å². The van der Waals surface area contributed by atoms with Gasteiger partial charge >= 0.3 is 0 Å². The topological polar surface area (TPSA) is 100 Å². The van der Waals surface area contributed by atoms with Crippen molar-refractivity contribution in [2.24, 2.45) is 0 Å². The van der Waals surface area contributed by atoms with Gasteiger partial charge in [-0.05, 0) is 25.2 Å². The number of aromatic nitrogens is 2. The van der Waals surface area contributed by atoms with E-state index in [-0.39, 0.29) is 34.8 Å². The monoisotopic (exact) mass is 298 g/mol. The Labute approximate surface area is 117 Å². The molecule has 1 saturated carbocycles.